The molecule has 0 aliphatic heterocycles. The summed E-state index contributed by atoms with van der Waals surface area (Å²) in [4.78, 5) is 0. The molecular formula is C10H12F3NO2. The second-order valence-electron chi connectivity index (χ2n) is 3.14. The Morgan fingerprint density at radius 1 is 1.31 bits per heavy atom. The lowest BCUT2D eigenvalue weighted by atomic mass is 10.3. The van der Waals surface area contributed by atoms with Crippen molar-refractivity contribution in [3.63, 3.8) is 0 Å². The van der Waals surface area contributed by atoms with Crippen LogP contribution in [0, 0.1) is 0 Å². The number of alkyl halides is 3. The van der Waals surface area contributed by atoms with Gasteiger partial charge in [0.1, 0.15) is 24.1 Å². The summed E-state index contributed by atoms with van der Waals surface area (Å²) in [6.45, 7) is -0.614. The first-order chi connectivity index (χ1) is 7.43. The summed E-state index contributed by atoms with van der Waals surface area (Å²) in [6.07, 6.45) is -4.45. The fourth-order valence-electron chi connectivity index (χ4n) is 0.971. The SMILES string of the molecule is COc1cccc(OCC(N)C(F)(F)F)c1. The Balaban J connectivity index is 2.54. The molecule has 0 amide bonds. The average Bonchev–Trinajstić information content (AvgIpc) is 2.25. The van der Waals surface area contributed by atoms with E-state index in [-0.39, 0.29) is 0 Å². The third-order valence-electron chi connectivity index (χ3n) is 1.89. The molecule has 90 valence electrons. The molecule has 0 spiro atoms. The molecule has 0 aromatic heterocycles. The quantitative estimate of drug-likeness (QED) is 0.867. The minimum absolute atomic E-state index is 0.291. The molecule has 0 fully saturated rings. The number of benzene rings is 1. The molecule has 6 heteroatoms. The first-order valence-electron chi connectivity index (χ1n) is 4.52. The van der Waals surface area contributed by atoms with Gasteiger partial charge in [0.05, 0.1) is 7.11 Å². The standard InChI is InChI=1S/C10H12F3NO2/c1-15-7-3-2-4-8(5-7)16-6-9(14)10(11,12)13/h2-5,9H,6,14H2,1H3. The molecule has 1 aromatic carbocycles. The Morgan fingerprint density at radius 2 is 1.94 bits per heavy atom. The molecule has 1 aromatic rings. The number of rotatable bonds is 4. The van der Waals surface area contributed by atoms with Crippen LogP contribution in [0.1, 0.15) is 0 Å². The van der Waals surface area contributed by atoms with Crippen LogP contribution in [0.2, 0.25) is 0 Å². The molecule has 0 aliphatic carbocycles. The second kappa shape index (κ2) is 5.07. The summed E-state index contributed by atoms with van der Waals surface area (Å²) >= 11 is 0. The largest absolute Gasteiger partial charge is 0.497 e. The van der Waals surface area contributed by atoms with Gasteiger partial charge in [0.15, 0.2) is 0 Å². The molecule has 1 rings (SSSR count). The van der Waals surface area contributed by atoms with E-state index >= 15 is 0 Å². The van der Waals surface area contributed by atoms with E-state index in [9.17, 15) is 13.2 Å². The van der Waals surface area contributed by atoms with E-state index in [0.717, 1.165) is 0 Å². The molecule has 1 atom stereocenters. The van der Waals surface area contributed by atoms with Crippen molar-refractivity contribution in [2.45, 2.75) is 12.2 Å². The summed E-state index contributed by atoms with van der Waals surface area (Å²) in [5, 5.41) is 0. The summed E-state index contributed by atoms with van der Waals surface area (Å²) in [6, 6.07) is 4.32. The van der Waals surface area contributed by atoms with E-state index in [1.54, 1.807) is 12.1 Å². The van der Waals surface area contributed by atoms with Crippen LogP contribution in [0.15, 0.2) is 24.3 Å². The summed E-state index contributed by atoms with van der Waals surface area (Å²) < 4.78 is 46.0. The Labute approximate surface area is 91.0 Å². The zero-order valence-corrected chi connectivity index (χ0v) is 8.62. The molecule has 3 nitrogen and oxygen atoms in total. The normalized spacial score (nSPS) is 13.3. The molecular weight excluding hydrogens is 223 g/mol. The van der Waals surface area contributed by atoms with Crippen molar-refractivity contribution in [2.75, 3.05) is 13.7 Å². The third kappa shape index (κ3) is 3.62. The molecule has 0 bridgehead atoms. The van der Waals surface area contributed by atoms with Gasteiger partial charge >= 0.3 is 6.18 Å². The lowest BCUT2D eigenvalue weighted by molar-refractivity contribution is -0.153. The highest BCUT2D eigenvalue weighted by Crippen LogP contribution is 2.22. The Morgan fingerprint density at radius 3 is 2.50 bits per heavy atom. The van der Waals surface area contributed by atoms with Crippen molar-refractivity contribution in [1.29, 1.82) is 0 Å². The first-order valence-corrected chi connectivity index (χ1v) is 4.52. The third-order valence-corrected chi connectivity index (χ3v) is 1.89. The number of nitrogens with two attached hydrogens (primary N) is 1. The number of hydrogen-bond acceptors (Lipinski definition) is 3. The highest BCUT2D eigenvalue weighted by Gasteiger charge is 2.37. The molecule has 16 heavy (non-hydrogen) atoms. The minimum atomic E-state index is -4.45. The van der Waals surface area contributed by atoms with Gasteiger partial charge in [-0.05, 0) is 12.1 Å². The predicted molar refractivity (Wildman–Crippen MR) is 52.5 cm³/mol. The highest BCUT2D eigenvalue weighted by molar-refractivity contribution is 5.32. The van der Waals surface area contributed by atoms with Crippen LogP contribution >= 0.6 is 0 Å². The van der Waals surface area contributed by atoms with Crippen molar-refractivity contribution < 1.29 is 22.6 Å². The van der Waals surface area contributed by atoms with Crippen LogP contribution in [0.4, 0.5) is 13.2 Å². The molecule has 1 unspecified atom stereocenters. The first kappa shape index (κ1) is 12.6. The zero-order chi connectivity index (χ0) is 12.2. The number of ether oxygens (including phenoxy) is 2. The maximum atomic E-state index is 12.1. The number of hydrogen-bond donors (Lipinski definition) is 1. The molecule has 0 heterocycles. The molecule has 0 saturated heterocycles. The summed E-state index contributed by atoms with van der Waals surface area (Å²) in [7, 11) is 1.46. The van der Waals surface area contributed by atoms with Crippen LogP contribution in [0.3, 0.4) is 0 Å². The van der Waals surface area contributed by atoms with E-state index in [2.05, 4.69) is 0 Å². The van der Waals surface area contributed by atoms with Gasteiger partial charge < -0.3 is 15.2 Å². The van der Waals surface area contributed by atoms with Crippen molar-refractivity contribution in [1.82, 2.24) is 0 Å². The fraction of sp³-hybridized carbons (Fsp3) is 0.400. The Bertz CT molecular complexity index is 341. The number of halogens is 3. The number of methoxy groups -OCH3 is 1. The molecule has 0 saturated carbocycles. The summed E-state index contributed by atoms with van der Waals surface area (Å²) in [5.74, 6) is 0.803. The lowest BCUT2D eigenvalue weighted by Crippen LogP contribution is -2.42. The van der Waals surface area contributed by atoms with Crippen LogP contribution < -0.4 is 15.2 Å². The van der Waals surface area contributed by atoms with E-state index in [1.165, 1.54) is 19.2 Å². The predicted octanol–water partition coefficient (Wildman–Crippen LogP) is 1.96. The van der Waals surface area contributed by atoms with Crippen molar-refractivity contribution in [2.24, 2.45) is 5.73 Å². The lowest BCUT2D eigenvalue weighted by Gasteiger charge is -2.16. The fourth-order valence-corrected chi connectivity index (χ4v) is 0.971. The van der Waals surface area contributed by atoms with Crippen molar-refractivity contribution in [3.05, 3.63) is 24.3 Å². The van der Waals surface area contributed by atoms with E-state index in [4.69, 9.17) is 15.2 Å². The Hall–Kier alpha value is -1.43. The van der Waals surface area contributed by atoms with Crippen LogP contribution in [0.25, 0.3) is 0 Å². The zero-order valence-electron chi connectivity index (χ0n) is 8.62. The highest BCUT2D eigenvalue weighted by atomic mass is 19.4. The summed E-state index contributed by atoms with van der Waals surface area (Å²) in [5.41, 5.74) is 4.89. The van der Waals surface area contributed by atoms with Crippen molar-refractivity contribution >= 4 is 0 Å². The Kier molecular flexibility index (Phi) is 4.00. The second-order valence-corrected chi connectivity index (χ2v) is 3.14. The van der Waals surface area contributed by atoms with Gasteiger partial charge in [0.25, 0.3) is 0 Å². The van der Waals surface area contributed by atoms with Gasteiger partial charge in [-0.1, -0.05) is 6.07 Å². The van der Waals surface area contributed by atoms with Gasteiger partial charge in [0.2, 0.25) is 0 Å². The average molecular weight is 235 g/mol. The van der Waals surface area contributed by atoms with Gasteiger partial charge in [0, 0.05) is 6.07 Å². The van der Waals surface area contributed by atoms with Crippen LogP contribution in [-0.2, 0) is 0 Å². The van der Waals surface area contributed by atoms with Crippen LogP contribution in [-0.4, -0.2) is 25.9 Å². The van der Waals surface area contributed by atoms with Gasteiger partial charge in [-0.3, -0.25) is 0 Å². The monoisotopic (exact) mass is 235 g/mol. The minimum Gasteiger partial charge on any atom is -0.497 e. The molecule has 2 N–H and O–H groups in total. The topological polar surface area (TPSA) is 44.5 Å². The maximum absolute atomic E-state index is 12.1. The van der Waals surface area contributed by atoms with Crippen LogP contribution in [0.5, 0.6) is 11.5 Å². The smallest absolute Gasteiger partial charge is 0.406 e. The van der Waals surface area contributed by atoms with Gasteiger partial charge in [-0.2, -0.15) is 13.2 Å². The van der Waals surface area contributed by atoms with E-state index in [0.29, 0.717) is 11.5 Å². The molecule has 0 aliphatic rings. The molecule has 0 radical (unpaired) electrons. The van der Waals surface area contributed by atoms with Gasteiger partial charge in [-0.25, -0.2) is 0 Å². The van der Waals surface area contributed by atoms with E-state index in [1.807, 2.05) is 0 Å². The van der Waals surface area contributed by atoms with Crippen molar-refractivity contribution in [3.8, 4) is 11.5 Å². The van der Waals surface area contributed by atoms with Gasteiger partial charge in [-0.15, -0.1) is 0 Å². The van der Waals surface area contributed by atoms with E-state index < -0.39 is 18.8 Å². The maximum Gasteiger partial charge on any atom is 0.406 e.